The Morgan fingerprint density at radius 1 is 1.38 bits per heavy atom. The zero-order valence-electron chi connectivity index (χ0n) is 12.2. The molecule has 2 atom stereocenters. The fourth-order valence-corrected chi connectivity index (χ4v) is 3.59. The minimum absolute atomic E-state index is 0.386. The van der Waals surface area contributed by atoms with E-state index < -0.39 is 0 Å². The number of hydrogen-bond donors (Lipinski definition) is 1. The van der Waals surface area contributed by atoms with Crippen molar-refractivity contribution in [2.75, 3.05) is 31.1 Å². The molecule has 0 amide bonds. The predicted octanol–water partition coefficient (Wildman–Crippen LogP) is 0.911. The lowest BCUT2D eigenvalue weighted by molar-refractivity contribution is 0.0863. The van der Waals surface area contributed by atoms with Gasteiger partial charge in [0, 0.05) is 56.2 Å². The minimum Gasteiger partial charge on any atom is -0.390 e. The summed E-state index contributed by atoms with van der Waals surface area (Å²) in [5, 5.41) is 17.4. The quantitative estimate of drug-likeness (QED) is 0.890. The number of hydrogen-bond acceptors (Lipinski definition) is 6. The largest absolute Gasteiger partial charge is 0.390 e. The third kappa shape index (κ3) is 3.61. The van der Waals surface area contributed by atoms with E-state index in [1.54, 1.807) is 22.2 Å². The Morgan fingerprint density at radius 3 is 2.95 bits per heavy atom. The van der Waals surface area contributed by atoms with Crippen LogP contribution in [0.1, 0.15) is 6.92 Å². The minimum atomic E-state index is -0.386. The lowest BCUT2D eigenvalue weighted by Gasteiger charge is -2.40. The van der Waals surface area contributed by atoms with Gasteiger partial charge in [0.15, 0.2) is 5.13 Å². The van der Waals surface area contributed by atoms with Crippen LogP contribution in [0.3, 0.4) is 0 Å². The molecule has 1 aliphatic rings. The fourth-order valence-electron chi connectivity index (χ4n) is 2.82. The third-order valence-electron chi connectivity index (χ3n) is 3.80. The smallest absolute Gasteiger partial charge is 0.185 e. The summed E-state index contributed by atoms with van der Waals surface area (Å²) >= 11 is 1.69. The van der Waals surface area contributed by atoms with Gasteiger partial charge in [-0.15, -0.1) is 11.3 Å². The van der Waals surface area contributed by atoms with Gasteiger partial charge in [0.1, 0.15) is 0 Å². The molecule has 2 aromatic rings. The molecular weight excluding hydrogens is 286 g/mol. The van der Waals surface area contributed by atoms with Crippen LogP contribution in [0.4, 0.5) is 5.13 Å². The number of aromatic nitrogens is 3. The monoisotopic (exact) mass is 307 g/mol. The molecule has 3 heterocycles. The molecule has 1 aliphatic heterocycles. The highest BCUT2D eigenvalue weighted by atomic mass is 32.1. The van der Waals surface area contributed by atoms with E-state index in [0.29, 0.717) is 19.1 Å². The SMILES string of the molecule is C[C@@H]1CN(C[C@H](O)Cn2cccn2)CCN1c1nccs1. The number of β-amino-alcohol motifs (C(OH)–C–C–N with tert-alkyl or cyclic N) is 1. The summed E-state index contributed by atoms with van der Waals surface area (Å²) in [6.07, 6.45) is 5.09. The second-order valence-corrected chi connectivity index (χ2v) is 6.37. The number of anilines is 1. The first-order chi connectivity index (χ1) is 10.2. The Hall–Kier alpha value is -1.44. The molecule has 0 spiro atoms. The zero-order valence-corrected chi connectivity index (χ0v) is 13.0. The summed E-state index contributed by atoms with van der Waals surface area (Å²) in [4.78, 5) is 9.06. The van der Waals surface area contributed by atoms with Gasteiger partial charge in [0.25, 0.3) is 0 Å². The molecule has 7 heteroatoms. The molecule has 1 fully saturated rings. The Balaban J connectivity index is 1.50. The molecule has 6 nitrogen and oxygen atoms in total. The van der Waals surface area contributed by atoms with Crippen LogP contribution in [0.2, 0.25) is 0 Å². The zero-order chi connectivity index (χ0) is 14.7. The molecule has 3 rings (SSSR count). The van der Waals surface area contributed by atoms with Crippen molar-refractivity contribution in [2.45, 2.75) is 25.6 Å². The predicted molar refractivity (Wildman–Crippen MR) is 83.6 cm³/mol. The van der Waals surface area contributed by atoms with Crippen LogP contribution < -0.4 is 4.90 Å². The van der Waals surface area contributed by atoms with Crippen molar-refractivity contribution in [1.29, 1.82) is 0 Å². The highest BCUT2D eigenvalue weighted by Gasteiger charge is 2.26. The van der Waals surface area contributed by atoms with Crippen LogP contribution >= 0.6 is 11.3 Å². The molecule has 1 N–H and O–H groups in total. The van der Waals surface area contributed by atoms with Crippen molar-refractivity contribution in [3.63, 3.8) is 0 Å². The highest BCUT2D eigenvalue weighted by molar-refractivity contribution is 7.13. The number of aliphatic hydroxyl groups excluding tert-OH is 1. The van der Waals surface area contributed by atoms with E-state index in [-0.39, 0.29) is 6.10 Å². The van der Waals surface area contributed by atoms with Crippen molar-refractivity contribution in [2.24, 2.45) is 0 Å². The van der Waals surface area contributed by atoms with E-state index in [1.165, 1.54) is 0 Å². The Labute approximate surface area is 128 Å². The first kappa shape index (κ1) is 14.5. The normalized spacial score (nSPS) is 21.6. The van der Waals surface area contributed by atoms with Crippen LogP contribution in [0.5, 0.6) is 0 Å². The average molecular weight is 307 g/mol. The molecule has 0 aliphatic carbocycles. The van der Waals surface area contributed by atoms with Gasteiger partial charge in [-0.3, -0.25) is 9.58 Å². The number of aliphatic hydroxyl groups is 1. The molecule has 114 valence electrons. The Bertz CT molecular complexity index is 528. The Kier molecular flexibility index (Phi) is 4.52. The second kappa shape index (κ2) is 6.55. The van der Waals surface area contributed by atoms with Crippen LogP contribution in [-0.4, -0.2) is 63.1 Å². The maximum absolute atomic E-state index is 10.2. The van der Waals surface area contributed by atoms with Crippen molar-refractivity contribution in [3.8, 4) is 0 Å². The maximum atomic E-state index is 10.2. The first-order valence-corrected chi connectivity index (χ1v) is 8.14. The summed E-state index contributed by atoms with van der Waals surface area (Å²) in [6, 6.07) is 2.29. The van der Waals surface area contributed by atoms with Gasteiger partial charge >= 0.3 is 0 Å². The molecule has 1 saturated heterocycles. The molecule has 0 radical (unpaired) electrons. The van der Waals surface area contributed by atoms with Gasteiger partial charge in [-0.25, -0.2) is 4.98 Å². The summed E-state index contributed by atoms with van der Waals surface area (Å²) < 4.78 is 1.78. The standard InChI is InChI=1S/C14H21N5OS/c1-12-9-17(6-7-19(12)14-15-4-8-21-14)10-13(20)11-18-5-2-3-16-18/h2-5,8,12-13,20H,6-7,9-11H2,1H3/t12-,13+/m1/s1. The maximum Gasteiger partial charge on any atom is 0.185 e. The van der Waals surface area contributed by atoms with Gasteiger partial charge < -0.3 is 10.0 Å². The summed E-state index contributed by atoms with van der Waals surface area (Å²) in [6.45, 7) is 6.33. The van der Waals surface area contributed by atoms with Crippen molar-refractivity contribution < 1.29 is 5.11 Å². The van der Waals surface area contributed by atoms with Gasteiger partial charge in [0.05, 0.1) is 12.6 Å². The topological polar surface area (TPSA) is 57.4 Å². The Morgan fingerprint density at radius 2 is 2.29 bits per heavy atom. The van der Waals surface area contributed by atoms with Crippen molar-refractivity contribution in [3.05, 3.63) is 30.0 Å². The van der Waals surface area contributed by atoms with E-state index in [4.69, 9.17) is 0 Å². The summed E-state index contributed by atoms with van der Waals surface area (Å²) in [5.74, 6) is 0. The van der Waals surface area contributed by atoms with Crippen LogP contribution in [0.15, 0.2) is 30.0 Å². The van der Waals surface area contributed by atoms with E-state index >= 15 is 0 Å². The van der Waals surface area contributed by atoms with Gasteiger partial charge in [0.2, 0.25) is 0 Å². The lowest BCUT2D eigenvalue weighted by atomic mass is 10.2. The molecule has 2 aromatic heterocycles. The van der Waals surface area contributed by atoms with Crippen molar-refractivity contribution >= 4 is 16.5 Å². The summed E-state index contributed by atoms with van der Waals surface area (Å²) in [7, 11) is 0. The lowest BCUT2D eigenvalue weighted by Crippen LogP contribution is -2.53. The van der Waals surface area contributed by atoms with E-state index in [9.17, 15) is 5.11 Å². The third-order valence-corrected chi connectivity index (χ3v) is 4.61. The van der Waals surface area contributed by atoms with Gasteiger partial charge in [-0.1, -0.05) is 0 Å². The second-order valence-electron chi connectivity index (χ2n) is 5.50. The van der Waals surface area contributed by atoms with E-state index in [0.717, 1.165) is 24.8 Å². The molecule has 0 aromatic carbocycles. The van der Waals surface area contributed by atoms with Crippen LogP contribution in [0, 0.1) is 0 Å². The average Bonchev–Trinajstić information content (AvgIpc) is 3.11. The molecule has 0 bridgehead atoms. The number of thiazole rings is 1. The van der Waals surface area contributed by atoms with Gasteiger partial charge in [-0.05, 0) is 13.0 Å². The number of nitrogens with zero attached hydrogens (tertiary/aromatic N) is 5. The van der Waals surface area contributed by atoms with Crippen molar-refractivity contribution in [1.82, 2.24) is 19.7 Å². The number of rotatable bonds is 5. The van der Waals surface area contributed by atoms with Crippen LogP contribution in [0.25, 0.3) is 0 Å². The highest BCUT2D eigenvalue weighted by Crippen LogP contribution is 2.22. The fraction of sp³-hybridized carbons (Fsp3) is 0.571. The summed E-state index contributed by atoms with van der Waals surface area (Å²) in [5.41, 5.74) is 0. The number of piperazine rings is 1. The molecule has 21 heavy (non-hydrogen) atoms. The molecular formula is C14H21N5OS. The van der Waals surface area contributed by atoms with Gasteiger partial charge in [-0.2, -0.15) is 5.10 Å². The van der Waals surface area contributed by atoms with E-state index in [1.807, 2.05) is 23.8 Å². The molecule has 0 unspecified atom stereocenters. The first-order valence-electron chi connectivity index (χ1n) is 7.26. The molecule has 0 saturated carbocycles. The van der Waals surface area contributed by atoms with Crippen LogP contribution in [-0.2, 0) is 6.54 Å². The van der Waals surface area contributed by atoms with E-state index in [2.05, 4.69) is 26.8 Å².